The fourth-order valence-electron chi connectivity index (χ4n) is 4.79. The van der Waals surface area contributed by atoms with Gasteiger partial charge in [0.05, 0.1) is 0 Å². The van der Waals surface area contributed by atoms with E-state index in [1.807, 2.05) is 91.0 Å². The Balaban J connectivity index is 0.000000148. The second-order valence-electron chi connectivity index (χ2n) is 10.2. The van der Waals surface area contributed by atoms with Crippen LogP contribution in [0.1, 0.15) is 16.7 Å². The van der Waals surface area contributed by atoms with Crippen molar-refractivity contribution in [3.05, 3.63) is 168 Å². The van der Waals surface area contributed by atoms with E-state index in [9.17, 15) is 0 Å². The Hall–Kier alpha value is -5.45. The first-order chi connectivity index (χ1) is 21.0. The van der Waals surface area contributed by atoms with Crippen molar-refractivity contribution < 1.29 is 4.42 Å². The maximum Gasteiger partial charge on any atom is 0.143 e. The van der Waals surface area contributed by atoms with Crippen LogP contribution >= 0.6 is 0 Å². The molecule has 0 bridgehead atoms. The summed E-state index contributed by atoms with van der Waals surface area (Å²) in [4.78, 5) is 0. The summed E-state index contributed by atoms with van der Waals surface area (Å²) in [6.45, 7) is 2.75. The Bertz CT molecular complexity index is 1910. The SMILES string of the molecule is Cc1ccc(-c2ccccc2)cc1.N=C(N)c1ccc(-c2cccc3c2oc2ccccc23)cc1.NCc1ccccc1. The summed E-state index contributed by atoms with van der Waals surface area (Å²) in [5.74, 6) is 0.0773. The van der Waals surface area contributed by atoms with Gasteiger partial charge in [-0.1, -0.05) is 151 Å². The van der Waals surface area contributed by atoms with Crippen LogP contribution in [0.3, 0.4) is 0 Å². The third-order valence-electron chi connectivity index (χ3n) is 7.15. The second-order valence-corrected chi connectivity index (χ2v) is 10.2. The van der Waals surface area contributed by atoms with Crippen LogP contribution in [0.5, 0.6) is 0 Å². The zero-order valence-electron chi connectivity index (χ0n) is 24.2. The molecule has 0 radical (unpaired) electrons. The Kier molecular flexibility index (Phi) is 9.42. The van der Waals surface area contributed by atoms with Gasteiger partial charge in [0.15, 0.2) is 0 Å². The summed E-state index contributed by atoms with van der Waals surface area (Å²) in [6, 6.07) is 50.9. The predicted octanol–water partition coefficient (Wildman–Crippen LogP) is 9.34. The molecule has 212 valence electrons. The van der Waals surface area contributed by atoms with Gasteiger partial charge in [-0.15, -0.1) is 0 Å². The van der Waals surface area contributed by atoms with E-state index in [2.05, 4.69) is 67.6 Å². The van der Waals surface area contributed by atoms with Gasteiger partial charge in [0.25, 0.3) is 0 Å². The molecule has 1 aromatic heterocycles. The van der Waals surface area contributed by atoms with E-state index in [-0.39, 0.29) is 5.84 Å². The molecular weight excluding hydrogens is 526 g/mol. The van der Waals surface area contributed by atoms with Crippen LogP contribution < -0.4 is 11.5 Å². The summed E-state index contributed by atoms with van der Waals surface area (Å²) in [6.07, 6.45) is 0. The van der Waals surface area contributed by atoms with E-state index in [0.29, 0.717) is 6.54 Å². The topological polar surface area (TPSA) is 89.0 Å². The smallest absolute Gasteiger partial charge is 0.143 e. The van der Waals surface area contributed by atoms with Gasteiger partial charge in [0.2, 0.25) is 0 Å². The molecule has 5 N–H and O–H groups in total. The summed E-state index contributed by atoms with van der Waals surface area (Å²) in [7, 11) is 0. The average molecular weight is 562 g/mol. The van der Waals surface area contributed by atoms with Crippen molar-refractivity contribution in [1.82, 2.24) is 0 Å². The maximum absolute atomic E-state index is 7.47. The Morgan fingerprint density at radius 2 is 1.14 bits per heavy atom. The van der Waals surface area contributed by atoms with E-state index in [4.69, 9.17) is 21.3 Å². The largest absolute Gasteiger partial charge is 0.455 e. The molecule has 0 fully saturated rings. The van der Waals surface area contributed by atoms with Crippen molar-refractivity contribution in [3.8, 4) is 22.3 Å². The third-order valence-corrected chi connectivity index (χ3v) is 7.15. The van der Waals surface area contributed by atoms with Crippen LogP contribution in [-0.4, -0.2) is 5.84 Å². The normalized spacial score (nSPS) is 10.4. The van der Waals surface area contributed by atoms with E-state index in [1.54, 1.807) is 0 Å². The van der Waals surface area contributed by atoms with Gasteiger partial charge < -0.3 is 15.9 Å². The lowest BCUT2D eigenvalue weighted by atomic mass is 10.0. The highest BCUT2D eigenvalue weighted by Gasteiger charge is 2.11. The predicted molar refractivity (Wildman–Crippen MR) is 181 cm³/mol. The van der Waals surface area contributed by atoms with Gasteiger partial charge in [-0.3, -0.25) is 5.41 Å². The van der Waals surface area contributed by atoms with Crippen LogP contribution in [-0.2, 0) is 6.54 Å². The molecule has 0 amide bonds. The summed E-state index contributed by atoms with van der Waals surface area (Å²) >= 11 is 0. The van der Waals surface area contributed by atoms with Crippen LogP contribution in [0, 0.1) is 12.3 Å². The summed E-state index contributed by atoms with van der Waals surface area (Å²) in [5.41, 5.74) is 20.5. The second kappa shape index (κ2) is 13.9. The minimum absolute atomic E-state index is 0.0773. The fraction of sp³-hybridized carbons (Fsp3) is 0.0513. The highest BCUT2D eigenvalue weighted by molar-refractivity contribution is 6.09. The average Bonchev–Trinajstić information content (AvgIpc) is 3.46. The van der Waals surface area contributed by atoms with Crippen LogP contribution in [0.25, 0.3) is 44.2 Å². The van der Waals surface area contributed by atoms with E-state index >= 15 is 0 Å². The molecule has 0 aliphatic rings. The number of benzene rings is 6. The summed E-state index contributed by atoms with van der Waals surface area (Å²) < 4.78 is 6.05. The zero-order chi connectivity index (χ0) is 30.0. The highest BCUT2D eigenvalue weighted by Crippen LogP contribution is 2.35. The lowest BCUT2D eigenvalue weighted by Crippen LogP contribution is -2.10. The van der Waals surface area contributed by atoms with E-state index in [0.717, 1.165) is 38.6 Å². The molecular formula is C39H35N3O. The number of nitrogens with two attached hydrogens (primary N) is 2. The maximum atomic E-state index is 7.47. The zero-order valence-corrected chi connectivity index (χ0v) is 24.2. The summed E-state index contributed by atoms with van der Waals surface area (Å²) in [5, 5.41) is 9.71. The van der Waals surface area contributed by atoms with Gasteiger partial charge in [-0.25, -0.2) is 0 Å². The molecule has 0 saturated carbocycles. The molecule has 0 unspecified atom stereocenters. The third kappa shape index (κ3) is 7.25. The first-order valence-electron chi connectivity index (χ1n) is 14.2. The molecule has 7 aromatic rings. The molecule has 4 heteroatoms. The van der Waals surface area contributed by atoms with Crippen LogP contribution in [0.4, 0.5) is 0 Å². The molecule has 0 aliphatic heterocycles. The molecule has 0 aliphatic carbocycles. The number of aryl methyl sites for hydroxylation is 1. The molecule has 0 atom stereocenters. The van der Waals surface area contributed by atoms with Crippen molar-refractivity contribution in [2.24, 2.45) is 11.5 Å². The number of para-hydroxylation sites is 2. The van der Waals surface area contributed by atoms with Crippen molar-refractivity contribution in [2.75, 3.05) is 0 Å². The van der Waals surface area contributed by atoms with Crippen LogP contribution in [0.15, 0.2) is 156 Å². The molecule has 43 heavy (non-hydrogen) atoms. The van der Waals surface area contributed by atoms with Gasteiger partial charge in [0.1, 0.15) is 17.0 Å². The standard InChI is InChI=1S/C19H14N2O.C13H12.C7H9N/c20-19(21)13-10-8-12(9-11-13)14-5-3-6-16-15-4-1-2-7-17(15)22-18(14)16;1-11-7-9-13(10-8-11)12-5-3-2-4-6-12;8-6-7-4-2-1-3-5-7/h1-11H,(H3,20,21);2-10H,1H3;1-5H,6,8H2. The first kappa shape index (κ1) is 29.1. The van der Waals surface area contributed by atoms with Gasteiger partial charge in [-0.2, -0.15) is 0 Å². The number of furan rings is 1. The van der Waals surface area contributed by atoms with Gasteiger partial charge in [0, 0.05) is 28.4 Å². The lowest BCUT2D eigenvalue weighted by molar-refractivity contribution is 0.670. The first-order valence-corrected chi connectivity index (χ1v) is 14.2. The monoisotopic (exact) mass is 561 g/mol. The van der Waals surface area contributed by atoms with Crippen molar-refractivity contribution in [2.45, 2.75) is 13.5 Å². The molecule has 0 saturated heterocycles. The quantitative estimate of drug-likeness (QED) is 0.148. The Morgan fingerprint density at radius 1 is 0.581 bits per heavy atom. The van der Waals surface area contributed by atoms with Gasteiger partial charge >= 0.3 is 0 Å². The number of fused-ring (bicyclic) bond motifs is 3. The minimum atomic E-state index is 0.0773. The Labute approximate surface area is 252 Å². The minimum Gasteiger partial charge on any atom is -0.455 e. The van der Waals surface area contributed by atoms with Crippen molar-refractivity contribution in [1.29, 1.82) is 5.41 Å². The van der Waals surface area contributed by atoms with E-state index < -0.39 is 0 Å². The molecule has 7 rings (SSSR count). The van der Waals surface area contributed by atoms with E-state index in [1.165, 1.54) is 22.3 Å². The lowest BCUT2D eigenvalue weighted by Gasteiger charge is -2.04. The number of hydrogen-bond donors (Lipinski definition) is 3. The Morgan fingerprint density at radius 3 is 1.77 bits per heavy atom. The molecule has 4 nitrogen and oxygen atoms in total. The fourth-order valence-corrected chi connectivity index (χ4v) is 4.79. The van der Waals surface area contributed by atoms with Gasteiger partial charge in [-0.05, 0) is 35.2 Å². The molecule has 1 heterocycles. The molecule has 0 spiro atoms. The number of nitrogen functional groups attached to an aromatic ring is 1. The van der Waals surface area contributed by atoms with Crippen LogP contribution in [0.2, 0.25) is 0 Å². The number of rotatable bonds is 4. The molecule has 6 aromatic carbocycles. The number of amidine groups is 1. The number of hydrogen-bond acceptors (Lipinski definition) is 3. The van der Waals surface area contributed by atoms with Crippen molar-refractivity contribution in [3.63, 3.8) is 0 Å². The van der Waals surface area contributed by atoms with Crippen molar-refractivity contribution >= 4 is 27.8 Å². The number of nitrogens with one attached hydrogen (secondary N) is 1. The highest BCUT2D eigenvalue weighted by atomic mass is 16.3.